The molecule has 3 aromatic rings. The van der Waals surface area contributed by atoms with Gasteiger partial charge in [-0.3, -0.25) is 4.79 Å². The number of carbonyl (C=O) groups excluding carboxylic acids is 1. The Morgan fingerprint density at radius 3 is 2.29 bits per heavy atom. The highest BCUT2D eigenvalue weighted by Crippen LogP contribution is 2.32. The van der Waals surface area contributed by atoms with Crippen molar-refractivity contribution in [2.75, 3.05) is 0 Å². The minimum absolute atomic E-state index is 0.0734. The molecule has 0 bridgehead atoms. The maximum atomic E-state index is 13.3. The Labute approximate surface area is 155 Å². The van der Waals surface area contributed by atoms with E-state index < -0.39 is 35.1 Å². The summed E-state index contributed by atoms with van der Waals surface area (Å²) >= 11 is 0. The third-order valence-electron chi connectivity index (χ3n) is 3.94. The molecule has 0 aliphatic rings. The summed E-state index contributed by atoms with van der Waals surface area (Å²) in [6.07, 6.45) is -9.43. The van der Waals surface area contributed by atoms with E-state index in [1.54, 1.807) is 6.07 Å². The lowest BCUT2D eigenvalue weighted by molar-refractivity contribution is -0.141. The molecule has 0 unspecified atom stereocenters. The zero-order valence-corrected chi connectivity index (χ0v) is 14.0. The second-order valence-corrected chi connectivity index (χ2v) is 5.96. The highest BCUT2D eigenvalue weighted by molar-refractivity contribution is 5.98. The number of para-hydroxylation sites is 1. The van der Waals surface area contributed by atoms with Crippen LogP contribution >= 0.6 is 0 Å². The smallest absolute Gasteiger partial charge is 0.348 e. The lowest BCUT2D eigenvalue weighted by atomic mass is 10.1. The van der Waals surface area contributed by atoms with Gasteiger partial charge in [0, 0.05) is 11.9 Å². The Hall–Kier alpha value is -3.10. The second-order valence-electron chi connectivity index (χ2n) is 5.96. The van der Waals surface area contributed by atoms with Crippen molar-refractivity contribution in [3.8, 4) is 0 Å². The van der Waals surface area contributed by atoms with Crippen LogP contribution in [0.5, 0.6) is 0 Å². The van der Waals surface area contributed by atoms with Gasteiger partial charge in [-0.25, -0.2) is 4.98 Å². The van der Waals surface area contributed by atoms with Gasteiger partial charge in [-0.2, -0.15) is 26.3 Å². The van der Waals surface area contributed by atoms with Gasteiger partial charge >= 0.3 is 12.4 Å². The average molecular weight is 398 g/mol. The number of fused-ring (bicyclic) bond motifs is 1. The summed E-state index contributed by atoms with van der Waals surface area (Å²) < 4.78 is 78.2. The molecule has 0 spiro atoms. The number of halogens is 6. The summed E-state index contributed by atoms with van der Waals surface area (Å²) in [7, 11) is 0. The zero-order chi connectivity index (χ0) is 20.5. The van der Waals surface area contributed by atoms with Crippen molar-refractivity contribution in [3.05, 3.63) is 77.0 Å². The van der Waals surface area contributed by atoms with Gasteiger partial charge in [0.2, 0.25) is 0 Å². The fraction of sp³-hybridized carbons (Fsp3) is 0.158. The molecule has 0 atom stereocenters. The summed E-state index contributed by atoms with van der Waals surface area (Å²) in [5.41, 5.74) is -2.79. The molecule has 0 aliphatic carbocycles. The number of hydrogen-bond acceptors (Lipinski definition) is 2. The van der Waals surface area contributed by atoms with Crippen molar-refractivity contribution in [3.63, 3.8) is 0 Å². The Bertz CT molecular complexity index is 1030. The van der Waals surface area contributed by atoms with E-state index in [4.69, 9.17) is 0 Å². The number of amides is 1. The molecule has 9 heteroatoms. The molecule has 28 heavy (non-hydrogen) atoms. The first kappa shape index (κ1) is 19.7. The third kappa shape index (κ3) is 4.24. The normalized spacial score (nSPS) is 12.2. The average Bonchev–Trinajstić information content (AvgIpc) is 2.64. The second kappa shape index (κ2) is 7.14. The van der Waals surface area contributed by atoms with Crippen molar-refractivity contribution in [2.45, 2.75) is 18.9 Å². The van der Waals surface area contributed by atoms with Gasteiger partial charge in [-0.05, 0) is 29.8 Å². The van der Waals surface area contributed by atoms with Crippen LogP contribution in [0.3, 0.4) is 0 Å². The summed E-state index contributed by atoms with van der Waals surface area (Å²) in [5.74, 6) is -1.08. The van der Waals surface area contributed by atoms with Crippen molar-refractivity contribution in [2.24, 2.45) is 0 Å². The molecular formula is C19H12F6N2O. The maximum absolute atomic E-state index is 13.3. The molecule has 1 N–H and O–H groups in total. The van der Waals surface area contributed by atoms with Crippen LogP contribution in [-0.4, -0.2) is 10.9 Å². The van der Waals surface area contributed by atoms with Crippen molar-refractivity contribution >= 4 is 16.8 Å². The molecule has 3 nitrogen and oxygen atoms in total. The van der Waals surface area contributed by atoms with Crippen LogP contribution < -0.4 is 5.32 Å². The van der Waals surface area contributed by atoms with Gasteiger partial charge in [0.05, 0.1) is 16.6 Å². The van der Waals surface area contributed by atoms with Crippen molar-refractivity contribution in [1.29, 1.82) is 0 Å². The van der Waals surface area contributed by atoms with E-state index >= 15 is 0 Å². The number of alkyl halides is 6. The Kier molecular flexibility index (Phi) is 5.01. The summed E-state index contributed by atoms with van der Waals surface area (Å²) in [6.45, 7) is -0.368. The molecule has 1 heterocycles. The van der Waals surface area contributed by atoms with Gasteiger partial charge in [-0.15, -0.1) is 0 Å². The van der Waals surface area contributed by atoms with Gasteiger partial charge in [0.15, 0.2) is 5.69 Å². The first-order chi connectivity index (χ1) is 13.1. The monoisotopic (exact) mass is 398 g/mol. The van der Waals surface area contributed by atoms with E-state index in [1.165, 1.54) is 24.3 Å². The molecule has 0 saturated heterocycles. The molecule has 2 aromatic carbocycles. The fourth-order valence-corrected chi connectivity index (χ4v) is 2.64. The fourth-order valence-electron chi connectivity index (χ4n) is 2.64. The Morgan fingerprint density at radius 2 is 1.61 bits per heavy atom. The molecule has 0 saturated carbocycles. The Balaban J connectivity index is 1.89. The number of nitrogens with zero attached hydrogens (tertiary/aromatic N) is 1. The number of aromatic nitrogens is 1. The lowest BCUT2D eigenvalue weighted by Gasteiger charge is -2.14. The predicted octanol–water partition coefficient (Wildman–Crippen LogP) is 5.20. The molecule has 0 fully saturated rings. The minimum atomic E-state index is -4.87. The SMILES string of the molecule is O=C(NCc1cccc(C(F)(F)F)c1)c1cc2ccccc2nc1C(F)(F)F. The van der Waals surface area contributed by atoms with E-state index in [9.17, 15) is 31.1 Å². The van der Waals surface area contributed by atoms with E-state index in [2.05, 4.69) is 10.3 Å². The quantitative estimate of drug-likeness (QED) is 0.616. The highest BCUT2D eigenvalue weighted by Gasteiger charge is 2.37. The molecule has 3 rings (SSSR count). The minimum Gasteiger partial charge on any atom is -0.348 e. The van der Waals surface area contributed by atoms with Crippen LogP contribution in [0.25, 0.3) is 10.9 Å². The molecule has 0 radical (unpaired) electrons. The van der Waals surface area contributed by atoms with Crippen molar-refractivity contribution < 1.29 is 31.1 Å². The first-order valence-corrected chi connectivity index (χ1v) is 7.97. The lowest BCUT2D eigenvalue weighted by Crippen LogP contribution is -2.27. The maximum Gasteiger partial charge on any atom is 0.434 e. The highest BCUT2D eigenvalue weighted by atomic mass is 19.4. The van der Waals surface area contributed by atoms with Crippen molar-refractivity contribution in [1.82, 2.24) is 10.3 Å². The summed E-state index contributed by atoms with van der Waals surface area (Å²) in [6, 6.07) is 11.2. The van der Waals surface area contributed by atoms with Crippen LogP contribution in [0.1, 0.15) is 27.2 Å². The Morgan fingerprint density at radius 1 is 0.893 bits per heavy atom. The number of hydrogen-bond donors (Lipinski definition) is 1. The van der Waals surface area contributed by atoms with Crippen LogP contribution in [0.2, 0.25) is 0 Å². The zero-order valence-electron chi connectivity index (χ0n) is 14.0. The number of pyridine rings is 1. The molecule has 1 aromatic heterocycles. The molecular weight excluding hydrogens is 386 g/mol. The van der Waals surface area contributed by atoms with Gasteiger partial charge in [0.25, 0.3) is 5.91 Å². The van der Waals surface area contributed by atoms with Crippen LogP contribution in [0.4, 0.5) is 26.3 Å². The van der Waals surface area contributed by atoms with E-state index in [0.29, 0.717) is 5.39 Å². The van der Waals surface area contributed by atoms with Crippen LogP contribution in [-0.2, 0) is 18.9 Å². The summed E-state index contributed by atoms with van der Waals surface area (Å²) in [4.78, 5) is 15.9. The largest absolute Gasteiger partial charge is 0.434 e. The summed E-state index contributed by atoms with van der Waals surface area (Å²) in [5, 5.41) is 2.56. The number of benzene rings is 2. The van der Waals surface area contributed by atoms with Crippen LogP contribution in [0, 0.1) is 0 Å². The van der Waals surface area contributed by atoms with E-state index in [-0.39, 0.29) is 17.6 Å². The molecule has 1 amide bonds. The molecule has 0 aliphatic heterocycles. The van der Waals surface area contributed by atoms with Gasteiger partial charge < -0.3 is 5.32 Å². The third-order valence-corrected chi connectivity index (χ3v) is 3.94. The van der Waals surface area contributed by atoms with E-state index in [0.717, 1.165) is 24.3 Å². The number of nitrogens with one attached hydrogen (secondary N) is 1. The van der Waals surface area contributed by atoms with E-state index in [1.807, 2.05) is 0 Å². The first-order valence-electron chi connectivity index (χ1n) is 7.97. The number of carbonyl (C=O) groups is 1. The topological polar surface area (TPSA) is 42.0 Å². The standard InChI is InChI=1S/C19H12F6N2O/c20-18(21,22)13-6-3-4-11(8-13)10-26-17(28)14-9-12-5-1-2-7-15(12)27-16(14)19(23,24)25/h1-9H,10H2,(H,26,28). The van der Waals surface area contributed by atoms with Gasteiger partial charge in [-0.1, -0.05) is 30.3 Å². The van der Waals surface area contributed by atoms with Gasteiger partial charge in [0.1, 0.15) is 0 Å². The van der Waals surface area contributed by atoms with Crippen LogP contribution in [0.15, 0.2) is 54.6 Å². The predicted molar refractivity (Wildman–Crippen MR) is 89.4 cm³/mol. The number of rotatable bonds is 3. The molecule has 146 valence electrons.